The number of benzene rings is 2. The van der Waals surface area contributed by atoms with Crippen molar-refractivity contribution in [3.05, 3.63) is 41.5 Å². The molecule has 0 fully saturated rings. The van der Waals surface area contributed by atoms with Gasteiger partial charge in [-0.3, -0.25) is 0 Å². The van der Waals surface area contributed by atoms with Crippen LogP contribution in [0.15, 0.2) is 30.3 Å². The van der Waals surface area contributed by atoms with Crippen LogP contribution in [0.25, 0.3) is 0 Å². The maximum Gasteiger partial charge on any atom is 0.203 e. The van der Waals surface area contributed by atoms with Crippen molar-refractivity contribution in [3.8, 4) is 28.7 Å². The fourth-order valence-electron chi connectivity index (χ4n) is 2.69. The quantitative estimate of drug-likeness (QED) is 0.689. The molecule has 0 bridgehead atoms. The van der Waals surface area contributed by atoms with Crippen LogP contribution >= 0.6 is 0 Å². The van der Waals surface area contributed by atoms with Gasteiger partial charge in [-0.05, 0) is 55.2 Å². The molecule has 0 heterocycles. The highest BCUT2D eigenvalue weighted by molar-refractivity contribution is 5.54. The lowest BCUT2D eigenvalue weighted by Gasteiger charge is -2.15. The Bertz CT molecular complexity index is 671. The van der Waals surface area contributed by atoms with Crippen molar-refractivity contribution >= 4 is 0 Å². The van der Waals surface area contributed by atoms with E-state index in [9.17, 15) is 0 Å². The van der Waals surface area contributed by atoms with E-state index in [1.54, 1.807) is 28.4 Å². The summed E-state index contributed by atoms with van der Waals surface area (Å²) in [7, 11) is 6.55. The molecule has 0 amide bonds. The van der Waals surface area contributed by atoms with Crippen molar-refractivity contribution in [2.45, 2.75) is 19.8 Å². The molecule has 0 aliphatic carbocycles. The van der Waals surface area contributed by atoms with Gasteiger partial charge in [0.1, 0.15) is 0 Å². The summed E-state index contributed by atoms with van der Waals surface area (Å²) in [5.74, 6) is 3.48. The minimum Gasteiger partial charge on any atom is -0.493 e. The molecule has 0 spiro atoms. The monoisotopic (exact) mass is 346 g/mol. The van der Waals surface area contributed by atoms with E-state index < -0.39 is 0 Å². The van der Waals surface area contributed by atoms with E-state index in [4.69, 9.17) is 23.7 Å². The van der Waals surface area contributed by atoms with Gasteiger partial charge in [0, 0.05) is 0 Å². The van der Waals surface area contributed by atoms with Gasteiger partial charge >= 0.3 is 0 Å². The standard InChI is InChI=1S/C20H26O5/c1-6-25-20-18(23-4)12-15(13-19(20)24-5)8-7-14-9-10-16(21-2)17(11-14)22-3/h9-13H,6-8H2,1-5H3. The molecule has 136 valence electrons. The average molecular weight is 346 g/mol. The smallest absolute Gasteiger partial charge is 0.203 e. The maximum atomic E-state index is 5.64. The van der Waals surface area contributed by atoms with Crippen LogP contribution < -0.4 is 23.7 Å². The molecular formula is C20H26O5. The van der Waals surface area contributed by atoms with Crippen molar-refractivity contribution in [3.63, 3.8) is 0 Å². The molecule has 0 aliphatic heterocycles. The Morgan fingerprint density at radius 2 is 1.16 bits per heavy atom. The molecule has 5 heteroatoms. The molecule has 0 atom stereocenters. The first-order chi connectivity index (χ1) is 12.2. The number of rotatable bonds is 9. The molecule has 0 unspecified atom stereocenters. The van der Waals surface area contributed by atoms with Gasteiger partial charge < -0.3 is 23.7 Å². The highest BCUT2D eigenvalue weighted by Gasteiger charge is 2.14. The minimum absolute atomic E-state index is 0.553. The minimum atomic E-state index is 0.553. The Kier molecular flexibility index (Phi) is 6.81. The molecule has 2 rings (SSSR count). The molecule has 2 aromatic rings. The van der Waals surface area contributed by atoms with Crippen LogP contribution in [-0.4, -0.2) is 35.0 Å². The van der Waals surface area contributed by atoms with Gasteiger partial charge in [0.25, 0.3) is 0 Å². The first-order valence-electron chi connectivity index (χ1n) is 8.25. The van der Waals surface area contributed by atoms with Crippen molar-refractivity contribution in [2.24, 2.45) is 0 Å². The Morgan fingerprint density at radius 3 is 1.68 bits per heavy atom. The molecule has 0 aliphatic rings. The molecule has 2 aromatic carbocycles. The fourth-order valence-corrected chi connectivity index (χ4v) is 2.69. The lowest BCUT2D eigenvalue weighted by atomic mass is 10.0. The van der Waals surface area contributed by atoms with Crippen LogP contribution in [0, 0.1) is 0 Å². The molecule has 0 saturated heterocycles. The molecule has 5 nitrogen and oxygen atoms in total. The molecule has 0 saturated carbocycles. The Hall–Kier alpha value is -2.56. The number of hydrogen-bond acceptors (Lipinski definition) is 5. The van der Waals surface area contributed by atoms with Crippen molar-refractivity contribution in [1.29, 1.82) is 0 Å². The molecular weight excluding hydrogens is 320 g/mol. The first kappa shape index (κ1) is 18.8. The summed E-state index contributed by atoms with van der Waals surface area (Å²) in [6.45, 7) is 2.49. The summed E-state index contributed by atoms with van der Waals surface area (Å²) in [6, 6.07) is 9.96. The zero-order chi connectivity index (χ0) is 18.2. The fraction of sp³-hybridized carbons (Fsp3) is 0.400. The summed E-state index contributed by atoms with van der Waals surface area (Å²) in [5, 5.41) is 0. The zero-order valence-electron chi connectivity index (χ0n) is 15.5. The van der Waals surface area contributed by atoms with Crippen molar-refractivity contribution in [2.75, 3.05) is 35.0 Å². The summed E-state index contributed by atoms with van der Waals surface area (Å²) < 4.78 is 27.2. The molecule has 0 radical (unpaired) electrons. The van der Waals surface area contributed by atoms with E-state index in [1.165, 1.54) is 5.56 Å². The highest BCUT2D eigenvalue weighted by Crippen LogP contribution is 2.39. The topological polar surface area (TPSA) is 46.2 Å². The van der Waals surface area contributed by atoms with E-state index >= 15 is 0 Å². The van der Waals surface area contributed by atoms with Crippen molar-refractivity contribution < 1.29 is 23.7 Å². The first-order valence-corrected chi connectivity index (χ1v) is 8.25. The Labute approximate surface area is 149 Å². The van der Waals surface area contributed by atoms with Crippen LogP contribution in [0.5, 0.6) is 28.7 Å². The van der Waals surface area contributed by atoms with E-state index in [0.717, 1.165) is 29.9 Å². The van der Waals surface area contributed by atoms with Gasteiger partial charge in [-0.2, -0.15) is 0 Å². The van der Waals surface area contributed by atoms with Gasteiger partial charge in [-0.1, -0.05) is 6.07 Å². The van der Waals surface area contributed by atoms with Crippen LogP contribution in [0.1, 0.15) is 18.1 Å². The number of ether oxygens (including phenoxy) is 5. The SMILES string of the molecule is CCOc1c(OC)cc(CCc2ccc(OC)c(OC)c2)cc1OC. The maximum absolute atomic E-state index is 5.64. The Morgan fingerprint density at radius 1 is 0.640 bits per heavy atom. The second-order valence-corrected chi connectivity index (χ2v) is 5.45. The normalized spacial score (nSPS) is 10.3. The molecule has 0 N–H and O–H groups in total. The van der Waals surface area contributed by atoms with Gasteiger partial charge in [-0.25, -0.2) is 0 Å². The second kappa shape index (κ2) is 9.06. The number of hydrogen-bond donors (Lipinski definition) is 0. The molecule has 0 aromatic heterocycles. The summed E-state index contributed by atoms with van der Waals surface area (Å²) in [6.07, 6.45) is 1.70. The van der Waals surface area contributed by atoms with E-state index in [2.05, 4.69) is 0 Å². The summed E-state index contributed by atoms with van der Waals surface area (Å²) in [5.41, 5.74) is 2.29. The van der Waals surface area contributed by atoms with Gasteiger partial charge in [0.2, 0.25) is 5.75 Å². The van der Waals surface area contributed by atoms with Crippen LogP contribution in [0.2, 0.25) is 0 Å². The van der Waals surface area contributed by atoms with Gasteiger partial charge in [0.05, 0.1) is 35.0 Å². The number of aryl methyl sites for hydroxylation is 2. The van der Waals surface area contributed by atoms with Crippen molar-refractivity contribution in [1.82, 2.24) is 0 Å². The Balaban J connectivity index is 2.20. The largest absolute Gasteiger partial charge is 0.493 e. The third-order valence-electron chi connectivity index (χ3n) is 3.96. The molecule has 25 heavy (non-hydrogen) atoms. The highest BCUT2D eigenvalue weighted by atomic mass is 16.5. The van der Waals surface area contributed by atoms with Crippen LogP contribution in [0.3, 0.4) is 0 Å². The third-order valence-corrected chi connectivity index (χ3v) is 3.96. The predicted octanol–water partition coefficient (Wildman–Crippen LogP) is 3.90. The lowest BCUT2D eigenvalue weighted by Crippen LogP contribution is -2.01. The van der Waals surface area contributed by atoms with E-state index in [1.807, 2.05) is 37.3 Å². The van der Waals surface area contributed by atoms with Gasteiger partial charge in [0.15, 0.2) is 23.0 Å². The lowest BCUT2D eigenvalue weighted by molar-refractivity contribution is 0.288. The van der Waals surface area contributed by atoms with Gasteiger partial charge in [-0.15, -0.1) is 0 Å². The van der Waals surface area contributed by atoms with E-state index in [-0.39, 0.29) is 0 Å². The third kappa shape index (κ3) is 4.50. The van der Waals surface area contributed by atoms with E-state index in [0.29, 0.717) is 23.9 Å². The predicted molar refractivity (Wildman–Crippen MR) is 97.7 cm³/mol. The summed E-state index contributed by atoms with van der Waals surface area (Å²) >= 11 is 0. The van der Waals surface area contributed by atoms with Crippen LogP contribution in [0.4, 0.5) is 0 Å². The van der Waals surface area contributed by atoms with Crippen LogP contribution in [-0.2, 0) is 12.8 Å². The summed E-state index contributed by atoms with van der Waals surface area (Å²) in [4.78, 5) is 0. The average Bonchev–Trinajstić information content (AvgIpc) is 2.66. The zero-order valence-corrected chi connectivity index (χ0v) is 15.5. The second-order valence-electron chi connectivity index (χ2n) is 5.45. The number of methoxy groups -OCH3 is 4.